The molecule has 2 aromatic rings. The average Bonchev–Trinajstić information content (AvgIpc) is 3.00. The number of hydrogen-bond acceptors (Lipinski definition) is 4. The third-order valence-electron chi connectivity index (χ3n) is 5.31. The number of fused-ring (bicyclic) bond motifs is 2. The van der Waals surface area contributed by atoms with Crippen LogP contribution in [0.25, 0.3) is 0 Å². The average molecular weight is 473 g/mol. The molecule has 0 bridgehead atoms. The molecule has 2 aliphatic rings. The third-order valence-corrected chi connectivity index (χ3v) is 6.98. The normalized spacial score (nSPS) is 23.1. The Balaban J connectivity index is 1.84. The zero-order valence-electron chi connectivity index (χ0n) is 16.7. The molecule has 152 valence electrons. The highest BCUT2D eigenvalue weighted by Crippen LogP contribution is 2.51. The third kappa shape index (κ3) is 3.73. The monoisotopic (exact) mass is 472 g/mol. The van der Waals surface area contributed by atoms with Gasteiger partial charge in [-0.1, -0.05) is 71.9 Å². The molecular weight excluding hydrogens is 448 g/mol. The zero-order chi connectivity index (χ0) is 20.4. The molecule has 2 heterocycles. The zero-order valence-corrected chi connectivity index (χ0v) is 19.1. The SMILES string of the molecule is CCCSC1=N[C@]2(C[C@@H](c3ccccc3)Oc3ccc(Br)cc32)C(=O)N1CCC. The Kier molecular flexibility index (Phi) is 6.02. The second kappa shape index (κ2) is 8.52. The van der Waals surface area contributed by atoms with E-state index in [0.717, 1.165) is 45.1 Å². The molecule has 4 nitrogen and oxygen atoms in total. The molecule has 6 heteroatoms. The van der Waals surface area contributed by atoms with E-state index in [9.17, 15) is 4.79 Å². The molecule has 2 aromatic carbocycles. The number of benzene rings is 2. The van der Waals surface area contributed by atoms with E-state index in [2.05, 4.69) is 41.9 Å². The van der Waals surface area contributed by atoms with Crippen molar-refractivity contribution in [3.8, 4) is 5.75 Å². The molecule has 1 spiro atoms. The number of amidine groups is 1. The molecule has 0 fully saturated rings. The summed E-state index contributed by atoms with van der Waals surface area (Å²) in [5, 5.41) is 0.846. The summed E-state index contributed by atoms with van der Waals surface area (Å²) < 4.78 is 7.28. The van der Waals surface area contributed by atoms with Crippen molar-refractivity contribution in [1.82, 2.24) is 4.90 Å². The van der Waals surface area contributed by atoms with Gasteiger partial charge < -0.3 is 4.74 Å². The molecule has 4 rings (SSSR count). The van der Waals surface area contributed by atoms with Gasteiger partial charge in [0.05, 0.1) is 0 Å². The van der Waals surface area contributed by atoms with E-state index in [-0.39, 0.29) is 12.0 Å². The van der Waals surface area contributed by atoms with Gasteiger partial charge in [-0.2, -0.15) is 0 Å². The second-order valence-electron chi connectivity index (χ2n) is 7.42. The van der Waals surface area contributed by atoms with Crippen molar-refractivity contribution in [3.63, 3.8) is 0 Å². The first-order valence-corrected chi connectivity index (χ1v) is 11.9. The molecule has 2 atom stereocenters. The smallest absolute Gasteiger partial charge is 0.261 e. The van der Waals surface area contributed by atoms with Gasteiger partial charge in [-0.05, 0) is 36.6 Å². The summed E-state index contributed by atoms with van der Waals surface area (Å²) in [5.41, 5.74) is 1.00. The molecule has 0 aromatic heterocycles. The Morgan fingerprint density at radius 2 is 2.00 bits per heavy atom. The van der Waals surface area contributed by atoms with Gasteiger partial charge in [0.25, 0.3) is 5.91 Å². The van der Waals surface area contributed by atoms with E-state index in [1.165, 1.54) is 0 Å². The molecule has 0 saturated carbocycles. The minimum atomic E-state index is -0.927. The highest BCUT2D eigenvalue weighted by Gasteiger charge is 2.54. The maximum Gasteiger partial charge on any atom is 0.261 e. The molecule has 0 aliphatic carbocycles. The second-order valence-corrected chi connectivity index (χ2v) is 9.40. The van der Waals surface area contributed by atoms with Crippen molar-refractivity contribution in [1.29, 1.82) is 0 Å². The first kappa shape index (κ1) is 20.5. The Morgan fingerprint density at radius 3 is 2.72 bits per heavy atom. The fourth-order valence-electron chi connectivity index (χ4n) is 3.97. The summed E-state index contributed by atoms with van der Waals surface area (Å²) >= 11 is 5.25. The summed E-state index contributed by atoms with van der Waals surface area (Å²) in [4.78, 5) is 20.8. The lowest BCUT2D eigenvalue weighted by Gasteiger charge is -2.37. The fourth-order valence-corrected chi connectivity index (χ4v) is 5.27. The number of ether oxygens (including phenoxy) is 1. The fraction of sp³-hybridized carbons (Fsp3) is 0.391. The van der Waals surface area contributed by atoms with Crippen LogP contribution in [0, 0.1) is 0 Å². The lowest BCUT2D eigenvalue weighted by atomic mass is 9.80. The summed E-state index contributed by atoms with van der Waals surface area (Å²) in [6, 6.07) is 16.0. The van der Waals surface area contributed by atoms with Gasteiger partial charge in [0.2, 0.25) is 0 Å². The van der Waals surface area contributed by atoms with E-state index in [1.54, 1.807) is 11.8 Å². The maximum atomic E-state index is 13.8. The minimum Gasteiger partial charge on any atom is -0.485 e. The Bertz CT molecular complexity index is 934. The number of aliphatic imine (C=N–C) groups is 1. The molecule has 0 saturated heterocycles. The predicted octanol–water partition coefficient (Wildman–Crippen LogP) is 5.92. The largest absolute Gasteiger partial charge is 0.485 e. The van der Waals surface area contributed by atoms with Crippen LogP contribution in [0.4, 0.5) is 0 Å². The van der Waals surface area contributed by atoms with E-state index in [4.69, 9.17) is 9.73 Å². The van der Waals surface area contributed by atoms with Gasteiger partial charge in [0.1, 0.15) is 11.9 Å². The number of amides is 1. The van der Waals surface area contributed by atoms with Crippen molar-refractivity contribution < 1.29 is 9.53 Å². The van der Waals surface area contributed by atoms with E-state index < -0.39 is 5.54 Å². The highest BCUT2D eigenvalue weighted by atomic mass is 79.9. The van der Waals surface area contributed by atoms with E-state index >= 15 is 0 Å². The van der Waals surface area contributed by atoms with Crippen molar-refractivity contribution >= 4 is 38.8 Å². The van der Waals surface area contributed by atoms with Crippen molar-refractivity contribution in [2.75, 3.05) is 12.3 Å². The summed E-state index contributed by atoms with van der Waals surface area (Å²) in [5.74, 6) is 1.76. The summed E-state index contributed by atoms with van der Waals surface area (Å²) in [6.07, 6.45) is 2.24. The number of rotatable bonds is 5. The van der Waals surface area contributed by atoms with Crippen LogP contribution in [0.2, 0.25) is 0 Å². The van der Waals surface area contributed by atoms with Gasteiger partial charge in [-0.15, -0.1) is 0 Å². The van der Waals surface area contributed by atoms with Crippen LogP contribution in [-0.2, 0) is 10.3 Å². The van der Waals surface area contributed by atoms with Gasteiger partial charge in [-0.3, -0.25) is 9.69 Å². The number of carbonyl (C=O) groups excluding carboxylic acids is 1. The highest BCUT2D eigenvalue weighted by molar-refractivity contribution is 9.10. The Morgan fingerprint density at radius 1 is 1.21 bits per heavy atom. The number of hydrogen-bond donors (Lipinski definition) is 0. The van der Waals surface area contributed by atoms with Gasteiger partial charge in [0, 0.05) is 28.8 Å². The Hall–Kier alpha value is -1.79. The first-order valence-electron chi connectivity index (χ1n) is 10.1. The summed E-state index contributed by atoms with van der Waals surface area (Å²) in [7, 11) is 0. The van der Waals surface area contributed by atoms with Crippen LogP contribution in [0.15, 0.2) is 58.0 Å². The van der Waals surface area contributed by atoms with E-state index in [0.29, 0.717) is 13.0 Å². The topological polar surface area (TPSA) is 41.9 Å². The van der Waals surface area contributed by atoms with Crippen LogP contribution in [0.1, 0.15) is 50.3 Å². The van der Waals surface area contributed by atoms with Crippen LogP contribution < -0.4 is 4.74 Å². The molecule has 2 aliphatic heterocycles. The molecule has 29 heavy (non-hydrogen) atoms. The van der Waals surface area contributed by atoms with Gasteiger partial charge >= 0.3 is 0 Å². The lowest BCUT2D eigenvalue weighted by Crippen LogP contribution is -2.44. The number of halogens is 1. The molecule has 0 radical (unpaired) electrons. The maximum absolute atomic E-state index is 13.8. The van der Waals surface area contributed by atoms with Gasteiger partial charge in [0.15, 0.2) is 10.7 Å². The van der Waals surface area contributed by atoms with E-state index in [1.807, 2.05) is 41.3 Å². The van der Waals surface area contributed by atoms with Crippen LogP contribution >= 0.6 is 27.7 Å². The number of carbonyl (C=O) groups is 1. The van der Waals surface area contributed by atoms with Gasteiger partial charge in [-0.25, -0.2) is 4.99 Å². The molecular formula is C23H25BrN2O2S. The summed E-state index contributed by atoms with van der Waals surface area (Å²) in [6.45, 7) is 4.94. The minimum absolute atomic E-state index is 0.0709. The van der Waals surface area contributed by atoms with Crippen LogP contribution in [-0.4, -0.2) is 28.3 Å². The van der Waals surface area contributed by atoms with Crippen molar-refractivity contribution in [2.45, 2.75) is 44.8 Å². The van der Waals surface area contributed by atoms with Crippen molar-refractivity contribution in [2.24, 2.45) is 4.99 Å². The lowest BCUT2D eigenvalue weighted by molar-refractivity contribution is -0.133. The standard InChI is InChI=1S/C23H25BrN2O2S/c1-3-12-26-21(27)23(25-22(26)29-13-4-2)15-20(16-8-6-5-7-9-16)28-19-11-10-17(24)14-18(19)23/h5-11,14,20H,3-4,12-13,15H2,1-2H3/t20-,23-/m0/s1. The van der Waals surface area contributed by atoms with Crippen LogP contribution in [0.3, 0.4) is 0 Å². The molecule has 0 N–H and O–H groups in total. The first-order chi connectivity index (χ1) is 14.1. The Labute approximate surface area is 184 Å². The van der Waals surface area contributed by atoms with Crippen LogP contribution in [0.5, 0.6) is 5.75 Å². The predicted molar refractivity (Wildman–Crippen MR) is 122 cm³/mol. The molecule has 1 amide bonds. The molecule has 0 unspecified atom stereocenters. The number of thioether (sulfide) groups is 1. The quantitative estimate of drug-likeness (QED) is 0.542. The number of nitrogens with zero attached hydrogens (tertiary/aromatic N) is 2. The van der Waals surface area contributed by atoms with Crippen molar-refractivity contribution in [3.05, 3.63) is 64.1 Å².